The average Bonchev–Trinajstić information content (AvgIpc) is 2.95. The molecule has 0 saturated carbocycles. The van der Waals surface area contributed by atoms with E-state index >= 15 is 0 Å². The Kier molecular flexibility index (Phi) is 4.52. The van der Waals surface area contributed by atoms with E-state index in [1.165, 1.54) is 0 Å². The molecule has 0 fully saturated rings. The van der Waals surface area contributed by atoms with Crippen LogP contribution >= 0.6 is 0 Å². The van der Waals surface area contributed by atoms with Crippen molar-refractivity contribution >= 4 is 23.5 Å². The highest BCUT2D eigenvalue weighted by Gasteiger charge is 2.14. The third-order valence-electron chi connectivity index (χ3n) is 3.79. The van der Waals surface area contributed by atoms with E-state index in [9.17, 15) is 4.79 Å². The van der Waals surface area contributed by atoms with Crippen LogP contribution in [0.5, 0.6) is 0 Å². The number of imidazole rings is 1. The van der Waals surface area contributed by atoms with Gasteiger partial charge >= 0.3 is 0 Å². The van der Waals surface area contributed by atoms with Crippen LogP contribution in [0.15, 0.2) is 60.7 Å². The first-order chi connectivity index (χ1) is 11.3. The van der Waals surface area contributed by atoms with E-state index in [0.717, 1.165) is 22.4 Å². The number of amides is 1. The number of hydrogen-bond acceptors (Lipinski definition) is 2. The summed E-state index contributed by atoms with van der Waals surface area (Å²) in [7, 11) is 0. The highest BCUT2D eigenvalue weighted by atomic mass is 16.1. The lowest BCUT2D eigenvalue weighted by Gasteiger charge is -2.12. The van der Waals surface area contributed by atoms with Gasteiger partial charge in [0.05, 0.1) is 17.1 Å². The Morgan fingerprint density at radius 2 is 1.87 bits per heavy atom. The van der Waals surface area contributed by atoms with Gasteiger partial charge in [0.25, 0.3) is 0 Å². The smallest absolute Gasteiger partial charge is 0.207 e. The molecule has 0 aliphatic carbocycles. The number of fused-ring (bicyclic) bond motifs is 1. The van der Waals surface area contributed by atoms with E-state index in [1.54, 1.807) is 0 Å². The molecule has 2 aromatic carbocycles. The van der Waals surface area contributed by atoms with Crippen LogP contribution in [0.25, 0.3) is 17.1 Å². The number of carbonyl (C=O) groups is 1. The summed E-state index contributed by atoms with van der Waals surface area (Å²) in [6.45, 7) is 2.64. The number of rotatable bonds is 6. The first-order valence-corrected chi connectivity index (χ1v) is 7.66. The first-order valence-electron chi connectivity index (χ1n) is 7.66. The zero-order chi connectivity index (χ0) is 16.1. The molecule has 0 spiro atoms. The molecule has 3 rings (SSSR count). The Balaban J connectivity index is 1.93. The molecule has 1 amide bonds. The highest BCUT2D eigenvalue weighted by Crippen LogP contribution is 2.20. The maximum atomic E-state index is 10.8. The maximum Gasteiger partial charge on any atom is 0.207 e. The largest absolute Gasteiger partial charge is 0.349 e. The van der Waals surface area contributed by atoms with E-state index in [4.69, 9.17) is 0 Å². The average molecular weight is 305 g/mol. The standard InChI is InChI=1S/C19H19N3O/c1-15(20-14-23)19-21-17-11-5-6-12-18(17)22(19)13-7-10-16-8-3-2-4-9-16/h2-12,14-15H,13H2,1H3,(H,20,23)/b10-7-/t15-/m0/s1. The summed E-state index contributed by atoms with van der Waals surface area (Å²) in [6.07, 6.45) is 4.92. The minimum absolute atomic E-state index is 0.134. The molecule has 4 nitrogen and oxygen atoms in total. The highest BCUT2D eigenvalue weighted by molar-refractivity contribution is 5.76. The van der Waals surface area contributed by atoms with Crippen molar-refractivity contribution in [2.45, 2.75) is 19.5 Å². The molecular weight excluding hydrogens is 286 g/mol. The van der Waals surface area contributed by atoms with E-state index in [0.29, 0.717) is 13.0 Å². The predicted octanol–water partition coefficient (Wildman–Crippen LogP) is 3.56. The summed E-state index contributed by atoms with van der Waals surface area (Å²) in [5.41, 5.74) is 3.17. The van der Waals surface area contributed by atoms with Gasteiger partial charge in [-0.05, 0) is 24.6 Å². The molecule has 1 heterocycles. The first kappa shape index (κ1) is 15.0. The lowest BCUT2D eigenvalue weighted by atomic mass is 10.2. The lowest BCUT2D eigenvalue weighted by molar-refractivity contribution is -0.110. The second-order valence-electron chi connectivity index (χ2n) is 5.39. The van der Waals surface area contributed by atoms with Crippen LogP contribution in [0, 0.1) is 0 Å². The summed E-state index contributed by atoms with van der Waals surface area (Å²) in [5, 5.41) is 2.78. The Labute approximate surface area is 135 Å². The zero-order valence-corrected chi connectivity index (χ0v) is 13.0. The monoisotopic (exact) mass is 305 g/mol. The van der Waals surface area contributed by atoms with E-state index in [1.807, 2.05) is 43.3 Å². The second kappa shape index (κ2) is 6.92. The second-order valence-corrected chi connectivity index (χ2v) is 5.39. The Bertz CT molecular complexity index is 821. The van der Waals surface area contributed by atoms with Crippen LogP contribution in [0.2, 0.25) is 0 Å². The molecule has 0 aliphatic rings. The molecular formula is C19H19N3O. The Hall–Kier alpha value is -2.88. The van der Waals surface area contributed by atoms with Gasteiger partial charge in [-0.1, -0.05) is 54.6 Å². The molecule has 0 bridgehead atoms. The van der Waals surface area contributed by atoms with E-state index in [2.05, 4.69) is 45.2 Å². The number of benzene rings is 2. The third kappa shape index (κ3) is 3.31. The summed E-state index contributed by atoms with van der Waals surface area (Å²) >= 11 is 0. The van der Waals surface area contributed by atoms with Crippen molar-refractivity contribution in [3.05, 3.63) is 72.1 Å². The number of carbonyl (C=O) groups excluding carboxylic acids is 1. The molecule has 0 unspecified atom stereocenters. The number of para-hydroxylation sites is 2. The van der Waals surface area contributed by atoms with Gasteiger partial charge in [0, 0.05) is 6.54 Å². The molecule has 0 radical (unpaired) electrons. The van der Waals surface area contributed by atoms with Crippen LogP contribution < -0.4 is 5.32 Å². The number of nitrogens with zero attached hydrogens (tertiary/aromatic N) is 2. The van der Waals surface area contributed by atoms with Gasteiger partial charge in [0.1, 0.15) is 5.82 Å². The van der Waals surface area contributed by atoms with Crippen LogP contribution in [-0.2, 0) is 11.3 Å². The van der Waals surface area contributed by atoms with Crippen LogP contribution in [0.3, 0.4) is 0 Å². The molecule has 0 aliphatic heterocycles. The van der Waals surface area contributed by atoms with Crippen molar-refractivity contribution in [2.75, 3.05) is 0 Å². The zero-order valence-electron chi connectivity index (χ0n) is 13.0. The number of nitrogens with one attached hydrogen (secondary N) is 1. The topological polar surface area (TPSA) is 46.9 Å². The van der Waals surface area contributed by atoms with Gasteiger partial charge in [-0.25, -0.2) is 4.98 Å². The van der Waals surface area contributed by atoms with Crippen molar-refractivity contribution in [3.63, 3.8) is 0 Å². The van der Waals surface area contributed by atoms with Gasteiger partial charge in [-0.2, -0.15) is 0 Å². The van der Waals surface area contributed by atoms with Crippen molar-refractivity contribution in [2.24, 2.45) is 0 Å². The molecule has 3 aromatic rings. The predicted molar refractivity (Wildman–Crippen MR) is 92.8 cm³/mol. The van der Waals surface area contributed by atoms with Crippen LogP contribution in [0.1, 0.15) is 24.4 Å². The summed E-state index contributed by atoms with van der Waals surface area (Å²) in [5.74, 6) is 0.857. The summed E-state index contributed by atoms with van der Waals surface area (Å²) in [6, 6.07) is 18.1. The van der Waals surface area contributed by atoms with Crippen molar-refractivity contribution in [3.8, 4) is 0 Å². The summed E-state index contributed by atoms with van der Waals surface area (Å²) < 4.78 is 2.13. The number of aromatic nitrogens is 2. The van der Waals surface area contributed by atoms with Gasteiger partial charge in [-0.3, -0.25) is 4.79 Å². The van der Waals surface area contributed by atoms with E-state index < -0.39 is 0 Å². The fraction of sp³-hybridized carbons (Fsp3) is 0.158. The minimum Gasteiger partial charge on any atom is -0.349 e. The molecule has 116 valence electrons. The lowest BCUT2D eigenvalue weighted by Crippen LogP contribution is -2.20. The normalized spacial score (nSPS) is 12.6. The SMILES string of the molecule is C[C@H](NC=O)c1nc2ccccc2n1C/C=C\c1ccccc1. The maximum absolute atomic E-state index is 10.8. The number of hydrogen-bond donors (Lipinski definition) is 1. The fourth-order valence-corrected chi connectivity index (χ4v) is 2.65. The molecule has 1 atom stereocenters. The molecule has 23 heavy (non-hydrogen) atoms. The van der Waals surface area contributed by atoms with E-state index in [-0.39, 0.29) is 6.04 Å². The van der Waals surface area contributed by atoms with Gasteiger partial charge in [0.15, 0.2) is 0 Å². The van der Waals surface area contributed by atoms with Crippen LogP contribution in [0.4, 0.5) is 0 Å². The molecule has 4 heteroatoms. The summed E-state index contributed by atoms with van der Waals surface area (Å²) in [4.78, 5) is 15.4. The quantitative estimate of drug-likeness (QED) is 0.708. The Morgan fingerprint density at radius 3 is 2.65 bits per heavy atom. The van der Waals surface area contributed by atoms with Gasteiger partial charge in [0.2, 0.25) is 6.41 Å². The molecule has 1 aromatic heterocycles. The fourth-order valence-electron chi connectivity index (χ4n) is 2.65. The third-order valence-corrected chi connectivity index (χ3v) is 3.79. The minimum atomic E-state index is -0.134. The van der Waals surface area contributed by atoms with Crippen molar-refractivity contribution in [1.82, 2.24) is 14.9 Å². The number of allylic oxidation sites excluding steroid dienone is 1. The molecule has 1 N–H and O–H groups in total. The van der Waals surface area contributed by atoms with Gasteiger partial charge < -0.3 is 9.88 Å². The van der Waals surface area contributed by atoms with Gasteiger partial charge in [-0.15, -0.1) is 0 Å². The van der Waals surface area contributed by atoms with Crippen molar-refractivity contribution in [1.29, 1.82) is 0 Å². The van der Waals surface area contributed by atoms with Crippen LogP contribution in [-0.4, -0.2) is 16.0 Å². The Morgan fingerprint density at radius 1 is 1.13 bits per heavy atom. The van der Waals surface area contributed by atoms with Crippen molar-refractivity contribution < 1.29 is 4.79 Å². The molecule has 0 saturated heterocycles.